The number of rotatable bonds is 6. The summed E-state index contributed by atoms with van der Waals surface area (Å²) >= 11 is 12.2. The van der Waals surface area contributed by atoms with Crippen LogP contribution in [0.4, 0.5) is 0 Å². The topological polar surface area (TPSA) is 94.1 Å². The van der Waals surface area contributed by atoms with Gasteiger partial charge in [-0.25, -0.2) is 4.68 Å². The lowest BCUT2D eigenvalue weighted by molar-refractivity contribution is 0.0705. The van der Waals surface area contributed by atoms with Crippen LogP contribution >= 0.6 is 23.2 Å². The van der Waals surface area contributed by atoms with E-state index in [1.165, 1.54) is 6.07 Å². The summed E-state index contributed by atoms with van der Waals surface area (Å²) in [6.45, 7) is 1.82. The molecule has 2 heterocycles. The third-order valence-electron chi connectivity index (χ3n) is 5.51. The van der Waals surface area contributed by atoms with Crippen molar-refractivity contribution < 1.29 is 9.21 Å². The van der Waals surface area contributed by atoms with E-state index in [0.717, 1.165) is 12.8 Å². The molecule has 0 atom stereocenters. The zero-order valence-electron chi connectivity index (χ0n) is 18.1. The minimum Gasteiger partial charge on any atom is -0.419 e. The Kier molecular flexibility index (Phi) is 5.93. The Morgan fingerprint density at radius 1 is 1.12 bits per heavy atom. The Bertz CT molecular complexity index is 1430. The highest BCUT2D eigenvalue weighted by Gasteiger charge is 2.36. The summed E-state index contributed by atoms with van der Waals surface area (Å²) in [6, 6.07) is 15.5. The summed E-state index contributed by atoms with van der Waals surface area (Å²) in [5, 5.41) is 13.6. The van der Waals surface area contributed by atoms with Gasteiger partial charge in [-0.3, -0.25) is 9.59 Å². The molecule has 0 bridgehead atoms. The Hall–Kier alpha value is -3.49. The van der Waals surface area contributed by atoms with Gasteiger partial charge in [0, 0.05) is 22.8 Å². The fraction of sp³-hybridized carbons (Fsp3) is 0.208. The minimum atomic E-state index is -0.479. The zero-order valence-corrected chi connectivity index (χ0v) is 19.6. The smallest absolute Gasteiger partial charge is 0.279 e. The van der Waals surface area contributed by atoms with E-state index >= 15 is 0 Å². The highest BCUT2D eigenvalue weighted by molar-refractivity contribution is 6.33. The molecule has 2 aromatic heterocycles. The molecule has 2 aromatic carbocycles. The number of hydrogen-bond donors (Lipinski definition) is 0. The average Bonchev–Trinajstić information content (AvgIpc) is 3.56. The van der Waals surface area contributed by atoms with Crippen molar-refractivity contribution in [2.75, 3.05) is 0 Å². The van der Waals surface area contributed by atoms with Crippen molar-refractivity contribution in [1.82, 2.24) is 24.9 Å². The van der Waals surface area contributed by atoms with Crippen molar-refractivity contribution in [1.29, 1.82) is 0 Å². The predicted molar refractivity (Wildman–Crippen MR) is 127 cm³/mol. The number of aryl methyl sites for hydroxylation is 1. The van der Waals surface area contributed by atoms with Crippen LogP contribution in [0.25, 0.3) is 17.1 Å². The Balaban J connectivity index is 1.45. The summed E-state index contributed by atoms with van der Waals surface area (Å²) < 4.78 is 7.34. The molecule has 0 unspecified atom stereocenters. The van der Waals surface area contributed by atoms with Crippen molar-refractivity contribution in [3.8, 4) is 17.1 Å². The standard InChI is InChI=1S/C24H19Cl2N5O3/c1-14-12-20(32)22(29-31(14)17-8-6-15(25)7-9-17)24(33)30(16-10-11-16)13-21-27-28-23(34-21)18-4-2-3-5-19(18)26/h2-9,12,16H,10-11,13H2,1H3. The first-order chi connectivity index (χ1) is 16.4. The van der Waals surface area contributed by atoms with Gasteiger partial charge < -0.3 is 9.32 Å². The number of nitrogens with zero attached hydrogens (tertiary/aromatic N) is 5. The summed E-state index contributed by atoms with van der Waals surface area (Å²) in [6.07, 6.45) is 1.66. The van der Waals surface area contributed by atoms with Crippen LogP contribution in [0.1, 0.15) is 34.9 Å². The monoisotopic (exact) mass is 495 g/mol. The van der Waals surface area contributed by atoms with Crippen LogP contribution in [-0.2, 0) is 6.54 Å². The van der Waals surface area contributed by atoms with E-state index in [4.69, 9.17) is 27.6 Å². The molecular weight excluding hydrogens is 477 g/mol. The SMILES string of the molecule is Cc1cc(=O)c(C(=O)N(Cc2nnc(-c3ccccc3Cl)o2)C2CC2)nn1-c1ccc(Cl)cc1. The van der Waals surface area contributed by atoms with E-state index in [0.29, 0.717) is 27.0 Å². The Morgan fingerprint density at radius 3 is 2.56 bits per heavy atom. The van der Waals surface area contributed by atoms with Gasteiger partial charge in [-0.15, -0.1) is 10.2 Å². The molecule has 1 aliphatic rings. The molecule has 1 saturated carbocycles. The molecule has 10 heteroatoms. The maximum Gasteiger partial charge on any atom is 0.279 e. The molecular formula is C24H19Cl2N5O3. The van der Waals surface area contributed by atoms with Crippen LogP contribution < -0.4 is 5.43 Å². The minimum absolute atomic E-state index is 0.0188. The van der Waals surface area contributed by atoms with Crippen molar-refractivity contribution >= 4 is 29.1 Å². The van der Waals surface area contributed by atoms with E-state index in [1.807, 2.05) is 12.1 Å². The number of hydrogen-bond acceptors (Lipinski definition) is 6. The van der Waals surface area contributed by atoms with Gasteiger partial charge in [0.1, 0.15) is 0 Å². The number of aromatic nitrogens is 4. The zero-order chi connectivity index (χ0) is 23.8. The van der Waals surface area contributed by atoms with Crippen molar-refractivity contribution in [2.45, 2.75) is 32.4 Å². The number of carbonyl (C=O) groups excluding carboxylic acids is 1. The van der Waals surface area contributed by atoms with Gasteiger partial charge in [-0.1, -0.05) is 35.3 Å². The molecule has 172 valence electrons. The van der Waals surface area contributed by atoms with E-state index in [1.54, 1.807) is 52.9 Å². The predicted octanol–water partition coefficient (Wildman–Crippen LogP) is 4.70. The largest absolute Gasteiger partial charge is 0.419 e. The van der Waals surface area contributed by atoms with Crippen LogP contribution in [0.2, 0.25) is 10.0 Å². The quantitative estimate of drug-likeness (QED) is 0.384. The summed E-state index contributed by atoms with van der Waals surface area (Å²) in [7, 11) is 0. The first-order valence-corrected chi connectivity index (χ1v) is 11.4. The molecule has 1 aliphatic carbocycles. The number of carbonyl (C=O) groups is 1. The van der Waals surface area contributed by atoms with E-state index in [2.05, 4.69) is 15.3 Å². The molecule has 0 spiro atoms. The maximum atomic E-state index is 13.4. The fourth-order valence-electron chi connectivity index (χ4n) is 3.63. The third kappa shape index (κ3) is 4.47. The summed E-state index contributed by atoms with van der Waals surface area (Å²) in [4.78, 5) is 27.7. The number of benzene rings is 2. The normalized spacial score (nSPS) is 13.1. The average molecular weight is 496 g/mol. The van der Waals surface area contributed by atoms with Gasteiger partial charge in [0.2, 0.25) is 17.2 Å². The first kappa shape index (κ1) is 22.3. The molecule has 0 saturated heterocycles. The van der Waals surface area contributed by atoms with Crippen molar-refractivity contribution in [3.05, 3.63) is 92.1 Å². The van der Waals surface area contributed by atoms with Gasteiger partial charge in [-0.05, 0) is 56.2 Å². The molecule has 0 N–H and O–H groups in total. The Morgan fingerprint density at radius 2 is 1.85 bits per heavy atom. The molecule has 34 heavy (non-hydrogen) atoms. The lowest BCUT2D eigenvalue weighted by Crippen LogP contribution is -2.37. The second-order valence-electron chi connectivity index (χ2n) is 8.03. The molecule has 1 amide bonds. The second kappa shape index (κ2) is 9.04. The molecule has 0 radical (unpaired) electrons. The van der Waals surface area contributed by atoms with Gasteiger partial charge in [0.25, 0.3) is 5.91 Å². The van der Waals surface area contributed by atoms with Gasteiger partial charge in [0.15, 0.2) is 5.69 Å². The second-order valence-corrected chi connectivity index (χ2v) is 8.88. The Labute approximate surface area is 204 Å². The third-order valence-corrected chi connectivity index (χ3v) is 6.09. The maximum absolute atomic E-state index is 13.4. The lowest BCUT2D eigenvalue weighted by atomic mass is 10.2. The molecule has 1 fully saturated rings. The fourth-order valence-corrected chi connectivity index (χ4v) is 3.98. The van der Waals surface area contributed by atoms with Crippen LogP contribution in [0.15, 0.2) is 63.8 Å². The molecule has 0 aliphatic heterocycles. The van der Waals surface area contributed by atoms with Gasteiger partial charge in [-0.2, -0.15) is 5.10 Å². The van der Waals surface area contributed by atoms with Gasteiger partial charge >= 0.3 is 0 Å². The number of halogens is 2. The van der Waals surface area contributed by atoms with Crippen molar-refractivity contribution in [3.63, 3.8) is 0 Å². The number of amides is 1. The molecule has 8 nitrogen and oxygen atoms in total. The summed E-state index contributed by atoms with van der Waals surface area (Å²) in [5.74, 6) is 0.0374. The summed E-state index contributed by atoms with van der Waals surface area (Å²) in [5.41, 5.74) is 1.29. The van der Waals surface area contributed by atoms with Crippen LogP contribution in [0.3, 0.4) is 0 Å². The van der Waals surface area contributed by atoms with E-state index in [-0.39, 0.29) is 30.1 Å². The highest BCUT2D eigenvalue weighted by Crippen LogP contribution is 2.31. The van der Waals surface area contributed by atoms with Crippen LogP contribution in [-0.4, -0.2) is 36.8 Å². The lowest BCUT2D eigenvalue weighted by Gasteiger charge is -2.20. The van der Waals surface area contributed by atoms with Crippen LogP contribution in [0, 0.1) is 6.92 Å². The van der Waals surface area contributed by atoms with Crippen LogP contribution in [0.5, 0.6) is 0 Å². The van der Waals surface area contributed by atoms with Gasteiger partial charge in [0.05, 0.1) is 22.8 Å². The van der Waals surface area contributed by atoms with E-state index < -0.39 is 11.3 Å². The molecule has 5 rings (SSSR count). The highest BCUT2D eigenvalue weighted by atomic mass is 35.5. The molecule has 4 aromatic rings. The first-order valence-electron chi connectivity index (χ1n) is 10.7. The van der Waals surface area contributed by atoms with Crippen molar-refractivity contribution in [2.24, 2.45) is 0 Å². The van der Waals surface area contributed by atoms with E-state index in [9.17, 15) is 9.59 Å².